The first-order valence-corrected chi connectivity index (χ1v) is 4.04. The Morgan fingerprint density at radius 3 is 2.36 bits per heavy atom. The van der Waals surface area contributed by atoms with Crippen molar-refractivity contribution in [3.05, 3.63) is 12.2 Å². The van der Waals surface area contributed by atoms with Crippen LogP contribution >= 0.6 is 0 Å². The average Bonchev–Trinajstić information content (AvgIpc) is 2.07. The maximum absolute atomic E-state index is 11.4. The molecule has 0 bridgehead atoms. The van der Waals surface area contributed by atoms with Crippen LogP contribution in [0.4, 0.5) is 0 Å². The molecule has 0 aromatic rings. The van der Waals surface area contributed by atoms with Crippen molar-refractivity contribution in [1.82, 2.24) is 4.90 Å². The topological polar surface area (TPSA) is 20.3 Å². The molecule has 0 saturated carbocycles. The van der Waals surface area contributed by atoms with E-state index in [1.165, 1.54) is 0 Å². The Balaban J connectivity index is 2.80. The molecule has 1 aliphatic heterocycles. The van der Waals surface area contributed by atoms with Crippen molar-refractivity contribution in [1.29, 1.82) is 0 Å². The molecule has 1 aliphatic rings. The molecule has 1 amide bonds. The number of carbonyl (C=O) groups excluding carboxylic acids is 1. The molecule has 0 aromatic heterocycles. The number of nitrogens with zero attached hydrogens (tertiary/aromatic N) is 1. The smallest absolute Gasteiger partial charge is 0.249 e. The van der Waals surface area contributed by atoms with Crippen molar-refractivity contribution >= 4 is 5.91 Å². The van der Waals surface area contributed by atoms with E-state index in [2.05, 4.69) is 13.5 Å². The monoisotopic (exact) mass is 153 g/mol. The van der Waals surface area contributed by atoms with E-state index in [1.807, 2.05) is 18.7 Å². The molecule has 0 aliphatic carbocycles. The summed E-state index contributed by atoms with van der Waals surface area (Å²) in [6.07, 6.45) is 0.830. The van der Waals surface area contributed by atoms with Gasteiger partial charge in [-0.25, -0.2) is 0 Å². The minimum atomic E-state index is 0.132. The highest BCUT2D eigenvalue weighted by molar-refractivity contribution is 5.95. The molecule has 1 saturated heterocycles. The Bertz CT molecular complexity index is 196. The largest absolute Gasteiger partial charge is 0.333 e. The Morgan fingerprint density at radius 1 is 1.64 bits per heavy atom. The van der Waals surface area contributed by atoms with Crippen LogP contribution in [0, 0.1) is 0 Å². The summed E-state index contributed by atoms with van der Waals surface area (Å²) in [7, 11) is 0. The zero-order chi connectivity index (χ0) is 8.59. The number of likely N-dealkylation sites (tertiary alicyclic amines) is 1. The summed E-state index contributed by atoms with van der Waals surface area (Å²) >= 11 is 0. The SMILES string of the molecule is C=C1CC(C)N(C(C)C)C1=O. The van der Waals surface area contributed by atoms with Crippen LogP contribution in [0.1, 0.15) is 27.2 Å². The predicted molar refractivity (Wildman–Crippen MR) is 45.2 cm³/mol. The van der Waals surface area contributed by atoms with Gasteiger partial charge >= 0.3 is 0 Å². The summed E-state index contributed by atoms with van der Waals surface area (Å²) < 4.78 is 0. The summed E-state index contributed by atoms with van der Waals surface area (Å²) in [5.74, 6) is 0.132. The van der Waals surface area contributed by atoms with Gasteiger partial charge in [-0.15, -0.1) is 0 Å². The molecular formula is C9H15NO. The summed E-state index contributed by atoms with van der Waals surface area (Å²) in [4.78, 5) is 13.3. The molecule has 1 heterocycles. The van der Waals surface area contributed by atoms with Gasteiger partial charge in [-0.1, -0.05) is 6.58 Å². The fraction of sp³-hybridized carbons (Fsp3) is 0.667. The quantitative estimate of drug-likeness (QED) is 0.524. The van der Waals surface area contributed by atoms with Crippen LogP contribution in [0.5, 0.6) is 0 Å². The van der Waals surface area contributed by atoms with E-state index in [9.17, 15) is 4.79 Å². The van der Waals surface area contributed by atoms with E-state index < -0.39 is 0 Å². The molecular weight excluding hydrogens is 138 g/mol. The zero-order valence-corrected chi connectivity index (χ0v) is 7.42. The van der Waals surface area contributed by atoms with Gasteiger partial charge in [-0.05, 0) is 27.2 Å². The lowest BCUT2D eigenvalue weighted by Crippen LogP contribution is -2.37. The molecule has 0 N–H and O–H groups in total. The number of hydrogen-bond donors (Lipinski definition) is 0. The van der Waals surface area contributed by atoms with E-state index >= 15 is 0 Å². The summed E-state index contributed by atoms with van der Waals surface area (Å²) in [5.41, 5.74) is 0.756. The van der Waals surface area contributed by atoms with Crippen molar-refractivity contribution in [3.63, 3.8) is 0 Å². The van der Waals surface area contributed by atoms with Crippen LogP contribution in [0.2, 0.25) is 0 Å². The Morgan fingerprint density at radius 2 is 2.18 bits per heavy atom. The van der Waals surface area contributed by atoms with Gasteiger partial charge in [-0.3, -0.25) is 4.79 Å². The Hall–Kier alpha value is -0.790. The molecule has 1 atom stereocenters. The highest BCUT2D eigenvalue weighted by atomic mass is 16.2. The van der Waals surface area contributed by atoms with E-state index in [-0.39, 0.29) is 5.91 Å². The number of rotatable bonds is 1. The van der Waals surface area contributed by atoms with Gasteiger partial charge in [0.2, 0.25) is 5.91 Å². The number of hydrogen-bond acceptors (Lipinski definition) is 1. The molecule has 0 aromatic carbocycles. The normalized spacial score (nSPS) is 25.5. The van der Waals surface area contributed by atoms with E-state index in [0.29, 0.717) is 12.1 Å². The van der Waals surface area contributed by atoms with Gasteiger partial charge < -0.3 is 4.90 Å². The molecule has 62 valence electrons. The second-order valence-electron chi connectivity index (χ2n) is 3.46. The molecule has 11 heavy (non-hydrogen) atoms. The first-order valence-electron chi connectivity index (χ1n) is 4.04. The summed E-state index contributed by atoms with van der Waals surface area (Å²) in [6.45, 7) is 9.86. The van der Waals surface area contributed by atoms with E-state index in [1.54, 1.807) is 0 Å². The fourth-order valence-electron chi connectivity index (χ4n) is 1.67. The second kappa shape index (κ2) is 2.68. The first-order chi connectivity index (χ1) is 5.04. The van der Waals surface area contributed by atoms with Gasteiger partial charge in [-0.2, -0.15) is 0 Å². The third-order valence-corrected chi connectivity index (χ3v) is 2.11. The van der Waals surface area contributed by atoms with Gasteiger partial charge in [0.15, 0.2) is 0 Å². The molecule has 2 nitrogen and oxygen atoms in total. The van der Waals surface area contributed by atoms with Gasteiger partial charge in [0.25, 0.3) is 0 Å². The lowest BCUT2D eigenvalue weighted by molar-refractivity contribution is -0.127. The Labute approximate surface area is 67.9 Å². The third-order valence-electron chi connectivity index (χ3n) is 2.11. The number of carbonyl (C=O) groups is 1. The van der Waals surface area contributed by atoms with Gasteiger partial charge in [0.05, 0.1) is 0 Å². The summed E-state index contributed by atoms with van der Waals surface area (Å²) in [5, 5.41) is 0. The molecule has 1 rings (SSSR count). The molecule has 0 spiro atoms. The predicted octanol–water partition coefficient (Wildman–Crippen LogP) is 1.57. The third kappa shape index (κ3) is 1.30. The van der Waals surface area contributed by atoms with Crippen molar-refractivity contribution in [2.75, 3.05) is 0 Å². The second-order valence-corrected chi connectivity index (χ2v) is 3.46. The van der Waals surface area contributed by atoms with Gasteiger partial charge in [0.1, 0.15) is 0 Å². The van der Waals surface area contributed by atoms with Crippen LogP contribution in [-0.4, -0.2) is 22.9 Å². The van der Waals surface area contributed by atoms with Crippen molar-refractivity contribution in [3.8, 4) is 0 Å². The zero-order valence-electron chi connectivity index (χ0n) is 7.42. The molecule has 2 heteroatoms. The minimum absolute atomic E-state index is 0.132. The molecule has 0 radical (unpaired) electrons. The lowest BCUT2D eigenvalue weighted by Gasteiger charge is -2.25. The van der Waals surface area contributed by atoms with Crippen molar-refractivity contribution in [2.45, 2.75) is 39.3 Å². The standard InChI is InChI=1S/C9H15NO/c1-6(2)10-8(4)5-7(3)9(10)11/h6,8H,3,5H2,1-2,4H3. The highest BCUT2D eigenvalue weighted by Crippen LogP contribution is 2.24. The van der Waals surface area contributed by atoms with E-state index in [0.717, 1.165) is 12.0 Å². The maximum Gasteiger partial charge on any atom is 0.249 e. The first kappa shape index (κ1) is 8.31. The molecule has 1 fully saturated rings. The van der Waals surface area contributed by atoms with Crippen LogP contribution < -0.4 is 0 Å². The fourth-order valence-corrected chi connectivity index (χ4v) is 1.67. The summed E-state index contributed by atoms with van der Waals surface area (Å²) in [6, 6.07) is 0.645. The minimum Gasteiger partial charge on any atom is -0.333 e. The van der Waals surface area contributed by atoms with Crippen LogP contribution in [0.3, 0.4) is 0 Å². The molecule has 1 unspecified atom stereocenters. The highest BCUT2D eigenvalue weighted by Gasteiger charge is 2.32. The average molecular weight is 153 g/mol. The maximum atomic E-state index is 11.4. The van der Waals surface area contributed by atoms with Crippen LogP contribution in [0.25, 0.3) is 0 Å². The van der Waals surface area contributed by atoms with Gasteiger partial charge in [0, 0.05) is 17.7 Å². The van der Waals surface area contributed by atoms with Crippen LogP contribution in [-0.2, 0) is 4.79 Å². The van der Waals surface area contributed by atoms with Crippen molar-refractivity contribution in [2.24, 2.45) is 0 Å². The lowest BCUT2D eigenvalue weighted by atomic mass is 10.2. The number of amides is 1. The van der Waals surface area contributed by atoms with E-state index in [4.69, 9.17) is 0 Å². The van der Waals surface area contributed by atoms with Crippen molar-refractivity contribution < 1.29 is 4.79 Å². The van der Waals surface area contributed by atoms with Crippen LogP contribution in [0.15, 0.2) is 12.2 Å². The Kier molecular flexibility index (Phi) is 2.03.